The minimum absolute atomic E-state index is 0.0250. The number of hydrogen-bond acceptors (Lipinski definition) is 4. The van der Waals surface area contributed by atoms with E-state index in [0.29, 0.717) is 13.0 Å². The van der Waals surface area contributed by atoms with E-state index in [1.54, 1.807) is 0 Å². The van der Waals surface area contributed by atoms with Crippen LogP contribution in [0.4, 0.5) is 0 Å². The molecule has 0 atom stereocenters. The largest absolute Gasteiger partial charge is 0.322 e. The van der Waals surface area contributed by atoms with Gasteiger partial charge in [-0.05, 0) is 57.2 Å². The van der Waals surface area contributed by atoms with E-state index in [0.717, 1.165) is 24.8 Å². The highest BCUT2D eigenvalue weighted by Crippen LogP contribution is 2.32. The van der Waals surface area contributed by atoms with E-state index in [-0.39, 0.29) is 16.8 Å². The van der Waals surface area contributed by atoms with Crippen LogP contribution in [-0.2, 0) is 22.1 Å². The molecule has 5 nitrogen and oxygen atoms in total. The first kappa shape index (κ1) is 20.4. The fourth-order valence-electron chi connectivity index (χ4n) is 3.70. The number of nitrogens with one attached hydrogen (secondary N) is 1. The quantitative estimate of drug-likeness (QED) is 0.484. The molecule has 1 fully saturated rings. The van der Waals surface area contributed by atoms with Crippen molar-refractivity contribution in [3.8, 4) is 0 Å². The summed E-state index contributed by atoms with van der Waals surface area (Å²) in [5.74, 6) is -0.184. The first-order valence-electron chi connectivity index (χ1n) is 9.18. The van der Waals surface area contributed by atoms with Gasteiger partial charge in [-0.15, -0.1) is 0 Å². The normalized spacial score (nSPS) is 18.2. The van der Waals surface area contributed by atoms with Crippen LogP contribution in [0.15, 0.2) is 24.3 Å². The molecule has 0 amide bonds. The van der Waals surface area contributed by atoms with E-state index in [1.165, 1.54) is 24.8 Å². The Balaban J connectivity index is 2.01. The van der Waals surface area contributed by atoms with Gasteiger partial charge in [0.05, 0.1) is 5.75 Å². The van der Waals surface area contributed by atoms with Gasteiger partial charge in [0.2, 0.25) is 0 Å². The second kappa shape index (κ2) is 8.16. The maximum absolute atomic E-state index is 10.9. The standard InChI is InChI=1S/C19H32N2O3S/c1-18(2,20)17-9-7-16(8-10-17)15-19(11-4-3-5-12-19)21-13-6-14-25(22,23)24/h7-10,21H,3-6,11-15,20H2,1-2H3,(H,22,23,24). The Labute approximate surface area is 152 Å². The topological polar surface area (TPSA) is 92.4 Å². The molecular formula is C19H32N2O3S. The van der Waals surface area contributed by atoms with Crippen LogP contribution >= 0.6 is 0 Å². The summed E-state index contributed by atoms with van der Waals surface area (Å²) in [5, 5.41) is 3.60. The highest BCUT2D eigenvalue weighted by atomic mass is 32.2. The Kier molecular flexibility index (Phi) is 6.65. The van der Waals surface area contributed by atoms with Gasteiger partial charge in [0.15, 0.2) is 0 Å². The second-order valence-corrected chi connectivity index (χ2v) is 9.57. The summed E-state index contributed by atoms with van der Waals surface area (Å²) in [6.45, 7) is 4.61. The van der Waals surface area contributed by atoms with Crippen molar-refractivity contribution in [1.29, 1.82) is 0 Å². The summed E-state index contributed by atoms with van der Waals surface area (Å²) in [6, 6.07) is 8.51. The molecule has 1 saturated carbocycles. The van der Waals surface area contributed by atoms with Crippen molar-refractivity contribution in [1.82, 2.24) is 5.32 Å². The average Bonchev–Trinajstić information content (AvgIpc) is 2.51. The van der Waals surface area contributed by atoms with Crippen LogP contribution in [0, 0.1) is 0 Å². The van der Waals surface area contributed by atoms with E-state index < -0.39 is 10.1 Å². The van der Waals surface area contributed by atoms with Gasteiger partial charge in [-0.3, -0.25) is 4.55 Å². The van der Waals surface area contributed by atoms with Crippen LogP contribution in [0.2, 0.25) is 0 Å². The van der Waals surface area contributed by atoms with Gasteiger partial charge in [-0.1, -0.05) is 43.5 Å². The molecule has 1 aromatic rings. The Hall–Kier alpha value is -0.950. The minimum Gasteiger partial charge on any atom is -0.322 e. The number of hydrogen-bond donors (Lipinski definition) is 3. The lowest BCUT2D eigenvalue weighted by Crippen LogP contribution is -2.49. The van der Waals surface area contributed by atoms with E-state index in [4.69, 9.17) is 10.3 Å². The molecule has 25 heavy (non-hydrogen) atoms. The van der Waals surface area contributed by atoms with E-state index in [2.05, 4.69) is 29.6 Å². The van der Waals surface area contributed by atoms with Crippen molar-refractivity contribution in [2.45, 2.75) is 69.9 Å². The monoisotopic (exact) mass is 368 g/mol. The van der Waals surface area contributed by atoms with Gasteiger partial charge < -0.3 is 11.1 Å². The summed E-state index contributed by atoms with van der Waals surface area (Å²) in [5.41, 5.74) is 8.23. The highest BCUT2D eigenvalue weighted by Gasteiger charge is 2.31. The van der Waals surface area contributed by atoms with Crippen LogP contribution in [0.5, 0.6) is 0 Å². The fraction of sp³-hybridized carbons (Fsp3) is 0.684. The molecule has 1 aliphatic rings. The Morgan fingerprint density at radius 3 is 2.28 bits per heavy atom. The Bertz CT molecular complexity index is 642. The molecule has 1 aliphatic carbocycles. The molecule has 0 unspecified atom stereocenters. The SMILES string of the molecule is CC(C)(N)c1ccc(CC2(NCCCS(=O)(=O)O)CCCCC2)cc1. The summed E-state index contributed by atoms with van der Waals surface area (Å²) < 4.78 is 30.6. The Morgan fingerprint density at radius 1 is 1.16 bits per heavy atom. The molecule has 0 saturated heterocycles. The van der Waals surface area contributed by atoms with Crippen LogP contribution in [-0.4, -0.2) is 30.8 Å². The van der Waals surface area contributed by atoms with Crippen LogP contribution < -0.4 is 11.1 Å². The average molecular weight is 369 g/mol. The van der Waals surface area contributed by atoms with Gasteiger partial charge in [-0.25, -0.2) is 0 Å². The second-order valence-electron chi connectivity index (χ2n) is 8.00. The van der Waals surface area contributed by atoms with Crippen molar-refractivity contribution in [2.75, 3.05) is 12.3 Å². The van der Waals surface area contributed by atoms with E-state index in [1.807, 2.05) is 13.8 Å². The van der Waals surface area contributed by atoms with Crippen LogP contribution in [0.3, 0.4) is 0 Å². The molecule has 0 spiro atoms. The third-order valence-electron chi connectivity index (χ3n) is 5.13. The summed E-state index contributed by atoms with van der Waals surface area (Å²) in [6.07, 6.45) is 7.21. The van der Waals surface area contributed by atoms with Crippen LogP contribution in [0.1, 0.15) is 63.5 Å². The molecule has 6 heteroatoms. The van der Waals surface area contributed by atoms with Crippen molar-refractivity contribution >= 4 is 10.1 Å². The predicted molar refractivity (Wildman–Crippen MR) is 102 cm³/mol. The van der Waals surface area contributed by atoms with Gasteiger partial charge in [-0.2, -0.15) is 8.42 Å². The zero-order chi connectivity index (χ0) is 18.6. The maximum atomic E-state index is 10.9. The Morgan fingerprint density at radius 2 is 1.76 bits per heavy atom. The number of nitrogens with two attached hydrogens (primary N) is 1. The van der Waals surface area contributed by atoms with Gasteiger partial charge in [0, 0.05) is 11.1 Å². The maximum Gasteiger partial charge on any atom is 0.264 e. The first-order chi connectivity index (χ1) is 11.6. The summed E-state index contributed by atoms with van der Waals surface area (Å²) in [4.78, 5) is 0. The smallest absolute Gasteiger partial charge is 0.264 e. The molecule has 142 valence electrons. The fourth-order valence-corrected chi connectivity index (χ4v) is 4.20. The zero-order valence-corrected chi connectivity index (χ0v) is 16.2. The number of benzene rings is 1. The predicted octanol–water partition coefficient (Wildman–Crippen LogP) is 2.99. The van der Waals surface area contributed by atoms with Gasteiger partial charge in [0.25, 0.3) is 10.1 Å². The van der Waals surface area contributed by atoms with Crippen molar-refractivity contribution in [3.05, 3.63) is 35.4 Å². The summed E-state index contributed by atoms with van der Waals surface area (Å²) >= 11 is 0. The third kappa shape index (κ3) is 6.70. The van der Waals surface area contributed by atoms with E-state index in [9.17, 15) is 8.42 Å². The summed E-state index contributed by atoms with van der Waals surface area (Å²) in [7, 11) is -3.88. The van der Waals surface area contributed by atoms with Crippen molar-refractivity contribution in [3.63, 3.8) is 0 Å². The minimum atomic E-state index is -3.88. The van der Waals surface area contributed by atoms with Gasteiger partial charge in [0.1, 0.15) is 0 Å². The van der Waals surface area contributed by atoms with Crippen LogP contribution in [0.25, 0.3) is 0 Å². The van der Waals surface area contributed by atoms with Crippen molar-refractivity contribution < 1.29 is 13.0 Å². The van der Waals surface area contributed by atoms with E-state index >= 15 is 0 Å². The molecule has 0 aliphatic heterocycles. The lowest BCUT2D eigenvalue weighted by Gasteiger charge is -2.39. The highest BCUT2D eigenvalue weighted by molar-refractivity contribution is 7.85. The molecule has 0 aromatic heterocycles. The van der Waals surface area contributed by atoms with Gasteiger partial charge >= 0.3 is 0 Å². The molecule has 0 radical (unpaired) electrons. The molecule has 0 bridgehead atoms. The zero-order valence-electron chi connectivity index (χ0n) is 15.4. The molecule has 0 heterocycles. The number of rotatable bonds is 8. The third-order valence-corrected chi connectivity index (χ3v) is 5.93. The molecular weight excluding hydrogens is 336 g/mol. The molecule has 1 aromatic carbocycles. The molecule has 4 N–H and O–H groups in total. The molecule has 2 rings (SSSR count). The lowest BCUT2D eigenvalue weighted by molar-refractivity contribution is 0.229. The first-order valence-corrected chi connectivity index (χ1v) is 10.8. The van der Waals surface area contributed by atoms with Crippen molar-refractivity contribution in [2.24, 2.45) is 5.73 Å². The lowest BCUT2D eigenvalue weighted by atomic mass is 9.77.